The molecule has 2 rings (SSSR count). The summed E-state index contributed by atoms with van der Waals surface area (Å²) in [6.07, 6.45) is -0.473. The lowest BCUT2D eigenvalue weighted by Gasteiger charge is -2.11. The van der Waals surface area contributed by atoms with Gasteiger partial charge in [-0.05, 0) is 29.6 Å². The Labute approximate surface area is 104 Å². The maximum absolute atomic E-state index is 9.85. The molecule has 1 aromatic heterocycles. The summed E-state index contributed by atoms with van der Waals surface area (Å²) < 4.78 is 0. The summed E-state index contributed by atoms with van der Waals surface area (Å²) >= 11 is 7.41. The second-order valence-electron chi connectivity index (χ2n) is 3.42. The molecule has 0 saturated carbocycles. The number of rotatable bonds is 4. The van der Waals surface area contributed by atoms with E-state index in [1.807, 2.05) is 41.8 Å². The molecule has 0 saturated heterocycles. The van der Waals surface area contributed by atoms with Crippen molar-refractivity contribution in [3.63, 3.8) is 0 Å². The van der Waals surface area contributed by atoms with Gasteiger partial charge in [-0.2, -0.15) is 0 Å². The Morgan fingerprint density at radius 1 is 1.31 bits per heavy atom. The normalized spacial score (nSPS) is 12.4. The van der Waals surface area contributed by atoms with Gasteiger partial charge in [-0.15, -0.1) is 11.3 Å². The molecule has 84 valence electrons. The fourth-order valence-corrected chi connectivity index (χ4v) is 2.30. The second kappa shape index (κ2) is 5.34. The van der Waals surface area contributed by atoms with Crippen LogP contribution in [0.4, 0.5) is 5.69 Å². The fourth-order valence-electron chi connectivity index (χ4n) is 1.39. The highest BCUT2D eigenvalue weighted by atomic mass is 35.5. The van der Waals surface area contributed by atoms with Gasteiger partial charge in [0, 0.05) is 22.1 Å². The van der Waals surface area contributed by atoms with Crippen molar-refractivity contribution in [2.45, 2.75) is 6.10 Å². The van der Waals surface area contributed by atoms with Crippen LogP contribution in [0.3, 0.4) is 0 Å². The van der Waals surface area contributed by atoms with Gasteiger partial charge in [0.25, 0.3) is 0 Å². The molecule has 0 aliphatic rings. The third-order valence-electron chi connectivity index (χ3n) is 2.20. The minimum Gasteiger partial charge on any atom is -0.386 e. The molecule has 4 heteroatoms. The van der Waals surface area contributed by atoms with Gasteiger partial charge in [-0.3, -0.25) is 0 Å². The maximum Gasteiger partial charge on any atom is 0.105 e. The number of thiophene rings is 1. The van der Waals surface area contributed by atoms with Crippen molar-refractivity contribution in [2.75, 3.05) is 11.9 Å². The molecule has 0 amide bonds. The summed E-state index contributed by atoms with van der Waals surface area (Å²) in [6, 6.07) is 11.3. The van der Waals surface area contributed by atoms with E-state index in [9.17, 15) is 5.11 Å². The topological polar surface area (TPSA) is 32.3 Å². The maximum atomic E-state index is 9.85. The first-order chi connectivity index (χ1) is 7.75. The molecule has 0 radical (unpaired) electrons. The lowest BCUT2D eigenvalue weighted by Crippen LogP contribution is -2.10. The molecule has 2 nitrogen and oxygen atoms in total. The molecule has 1 atom stereocenters. The van der Waals surface area contributed by atoms with Gasteiger partial charge in [0.2, 0.25) is 0 Å². The van der Waals surface area contributed by atoms with E-state index in [1.165, 1.54) is 0 Å². The van der Waals surface area contributed by atoms with E-state index in [-0.39, 0.29) is 0 Å². The van der Waals surface area contributed by atoms with E-state index in [0.717, 1.165) is 10.6 Å². The number of nitrogens with one attached hydrogen (secondary N) is 1. The number of aliphatic hydroxyl groups is 1. The van der Waals surface area contributed by atoms with Crippen LogP contribution in [-0.4, -0.2) is 11.7 Å². The minimum absolute atomic E-state index is 0.473. The first kappa shape index (κ1) is 11.5. The van der Waals surface area contributed by atoms with Crippen molar-refractivity contribution < 1.29 is 5.11 Å². The molecule has 0 spiro atoms. The second-order valence-corrected chi connectivity index (χ2v) is 4.84. The van der Waals surface area contributed by atoms with E-state index in [4.69, 9.17) is 11.6 Å². The number of aliphatic hydroxyl groups excluding tert-OH is 1. The van der Waals surface area contributed by atoms with Crippen LogP contribution in [0.1, 0.15) is 11.0 Å². The van der Waals surface area contributed by atoms with E-state index >= 15 is 0 Å². The summed E-state index contributed by atoms with van der Waals surface area (Å²) in [5.74, 6) is 0. The molecule has 1 heterocycles. The lowest BCUT2D eigenvalue weighted by atomic mass is 10.2. The van der Waals surface area contributed by atoms with Crippen LogP contribution in [0.15, 0.2) is 41.8 Å². The molecule has 0 aliphatic carbocycles. The van der Waals surface area contributed by atoms with Crippen LogP contribution < -0.4 is 5.32 Å². The molecule has 0 fully saturated rings. The van der Waals surface area contributed by atoms with Crippen LogP contribution in [0, 0.1) is 0 Å². The first-order valence-electron chi connectivity index (χ1n) is 4.96. The smallest absolute Gasteiger partial charge is 0.105 e. The largest absolute Gasteiger partial charge is 0.386 e. The Balaban J connectivity index is 1.92. The van der Waals surface area contributed by atoms with Crippen molar-refractivity contribution in [3.8, 4) is 0 Å². The summed E-state index contributed by atoms with van der Waals surface area (Å²) in [6.45, 7) is 0.487. The van der Waals surface area contributed by atoms with Crippen molar-refractivity contribution >= 4 is 28.6 Å². The third kappa shape index (κ3) is 2.98. The molecular weight excluding hydrogens is 242 g/mol. The standard InChI is InChI=1S/C12H12ClNOS/c13-9-3-1-4-10(7-9)14-8-11(15)12-5-2-6-16-12/h1-7,11,14-15H,8H2. The first-order valence-corrected chi connectivity index (χ1v) is 6.22. The zero-order chi connectivity index (χ0) is 11.4. The van der Waals surface area contributed by atoms with Crippen molar-refractivity contribution in [1.82, 2.24) is 0 Å². The van der Waals surface area contributed by atoms with Crippen LogP contribution in [0.25, 0.3) is 0 Å². The minimum atomic E-state index is -0.473. The van der Waals surface area contributed by atoms with Crippen molar-refractivity contribution in [1.29, 1.82) is 0 Å². The SMILES string of the molecule is OC(CNc1cccc(Cl)c1)c1cccs1. The van der Waals surface area contributed by atoms with E-state index in [1.54, 1.807) is 11.3 Å². The number of anilines is 1. The van der Waals surface area contributed by atoms with Crippen molar-refractivity contribution in [2.24, 2.45) is 0 Å². The number of hydrogen-bond acceptors (Lipinski definition) is 3. The quantitative estimate of drug-likeness (QED) is 0.874. The summed E-state index contributed by atoms with van der Waals surface area (Å²) in [4.78, 5) is 0.967. The average Bonchev–Trinajstić information content (AvgIpc) is 2.79. The number of benzene rings is 1. The van der Waals surface area contributed by atoms with Gasteiger partial charge in [0.15, 0.2) is 0 Å². The lowest BCUT2D eigenvalue weighted by molar-refractivity contribution is 0.195. The number of halogens is 1. The van der Waals surface area contributed by atoms with Gasteiger partial charge < -0.3 is 10.4 Å². The summed E-state index contributed by atoms with van der Waals surface area (Å²) in [5.41, 5.74) is 0.920. The predicted molar refractivity (Wildman–Crippen MR) is 69.2 cm³/mol. The predicted octanol–water partition coefficient (Wildman–Crippen LogP) is 3.55. The van der Waals surface area contributed by atoms with Crippen molar-refractivity contribution in [3.05, 3.63) is 51.7 Å². The zero-order valence-corrected chi connectivity index (χ0v) is 10.1. The third-order valence-corrected chi connectivity index (χ3v) is 3.40. The molecule has 0 aliphatic heterocycles. The van der Waals surface area contributed by atoms with Crippen LogP contribution in [0.5, 0.6) is 0 Å². The zero-order valence-electron chi connectivity index (χ0n) is 8.56. The Morgan fingerprint density at radius 3 is 2.88 bits per heavy atom. The fraction of sp³-hybridized carbons (Fsp3) is 0.167. The molecule has 2 aromatic rings. The molecule has 1 aromatic carbocycles. The number of hydrogen-bond donors (Lipinski definition) is 2. The van der Waals surface area contributed by atoms with Gasteiger partial charge >= 0.3 is 0 Å². The molecule has 0 bridgehead atoms. The monoisotopic (exact) mass is 253 g/mol. The average molecular weight is 254 g/mol. The van der Waals surface area contributed by atoms with Crippen LogP contribution in [-0.2, 0) is 0 Å². The van der Waals surface area contributed by atoms with E-state index < -0.39 is 6.10 Å². The molecule has 2 N–H and O–H groups in total. The molecular formula is C12H12ClNOS. The Morgan fingerprint density at radius 2 is 2.19 bits per heavy atom. The highest BCUT2D eigenvalue weighted by molar-refractivity contribution is 7.10. The Hall–Kier alpha value is -1.03. The van der Waals surface area contributed by atoms with Gasteiger partial charge in [-0.1, -0.05) is 23.7 Å². The molecule has 16 heavy (non-hydrogen) atoms. The van der Waals surface area contributed by atoms with Crippen LogP contribution in [0.2, 0.25) is 5.02 Å². The van der Waals surface area contributed by atoms with E-state index in [2.05, 4.69) is 5.32 Å². The van der Waals surface area contributed by atoms with Gasteiger partial charge in [0.1, 0.15) is 6.10 Å². The van der Waals surface area contributed by atoms with Crippen LogP contribution >= 0.6 is 22.9 Å². The highest BCUT2D eigenvalue weighted by Gasteiger charge is 2.07. The molecule has 1 unspecified atom stereocenters. The highest BCUT2D eigenvalue weighted by Crippen LogP contribution is 2.20. The van der Waals surface area contributed by atoms with E-state index in [0.29, 0.717) is 11.6 Å². The Bertz CT molecular complexity index is 444. The Kier molecular flexibility index (Phi) is 3.83. The van der Waals surface area contributed by atoms with Gasteiger partial charge in [-0.25, -0.2) is 0 Å². The van der Waals surface area contributed by atoms with Gasteiger partial charge in [0.05, 0.1) is 0 Å². The summed E-state index contributed by atoms with van der Waals surface area (Å²) in [7, 11) is 0. The summed E-state index contributed by atoms with van der Waals surface area (Å²) in [5, 5.41) is 15.6.